The molecule has 1 fully saturated rings. The highest BCUT2D eigenvalue weighted by molar-refractivity contribution is 9.10. The molecular formula is C15H14BrN3O3. The number of benzene rings is 1. The van der Waals surface area contributed by atoms with Crippen molar-refractivity contribution in [2.45, 2.75) is 6.42 Å². The third-order valence-electron chi connectivity index (χ3n) is 3.73. The molecule has 6 nitrogen and oxygen atoms in total. The van der Waals surface area contributed by atoms with Gasteiger partial charge in [-0.15, -0.1) is 0 Å². The van der Waals surface area contributed by atoms with Gasteiger partial charge in [0.25, 0.3) is 5.91 Å². The van der Waals surface area contributed by atoms with Crippen LogP contribution in [-0.2, 0) is 4.79 Å². The molecule has 1 N–H and O–H groups in total. The number of hydrogen-bond donors (Lipinski definition) is 1. The van der Waals surface area contributed by atoms with Crippen LogP contribution >= 0.6 is 15.9 Å². The van der Waals surface area contributed by atoms with Crippen LogP contribution in [0.1, 0.15) is 16.8 Å². The summed E-state index contributed by atoms with van der Waals surface area (Å²) in [5.41, 5.74) is 1.31. The number of nitrogens with zero attached hydrogens (tertiary/aromatic N) is 3. The fourth-order valence-electron chi connectivity index (χ4n) is 2.52. The lowest BCUT2D eigenvalue weighted by Crippen LogP contribution is -2.29. The van der Waals surface area contributed by atoms with E-state index in [2.05, 4.69) is 21.0 Å². The molecule has 0 spiro atoms. The van der Waals surface area contributed by atoms with Crippen LogP contribution in [0.15, 0.2) is 41.1 Å². The first-order chi connectivity index (χ1) is 10.5. The second-order valence-electron chi connectivity index (χ2n) is 5.23. The van der Waals surface area contributed by atoms with Crippen LogP contribution in [0.4, 0.5) is 0 Å². The zero-order valence-corrected chi connectivity index (χ0v) is 13.2. The molecule has 1 saturated heterocycles. The summed E-state index contributed by atoms with van der Waals surface area (Å²) >= 11 is 3.40. The van der Waals surface area contributed by atoms with E-state index in [0.29, 0.717) is 18.5 Å². The van der Waals surface area contributed by atoms with Crippen LogP contribution in [0.2, 0.25) is 0 Å². The van der Waals surface area contributed by atoms with E-state index >= 15 is 0 Å². The third kappa shape index (κ3) is 2.89. The van der Waals surface area contributed by atoms with E-state index < -0.39 is 11.9 Å². The molecule has 0 radical (unpaired) electrons. The first-order valence-corrected chi connectivity index (χ1v) is 7.66. The number of carboxylic acid groups (broad SMARTS) is 1. The fourth-order valence-corrected chi connectivity index (χ4v) is 2.91. The van der Waals surface area contributed by atoms with Gasteiger partial charge in [0.05, 0.1) is 23.4 Å². The predicted octanol–water partition coefficient (Wildman–Crippen LogP) is 2.18. The summed E-state index contributed by atoms with van der Waals surface area (Å²) in [7, 11) is 0. The minimum atomic E-state index is -0.847. The maximum atomic E-state index is 12.4. The summed E-state index contributed by atoms with van der Waals surface area (Å²) in [5, 5.41) is 13.2. The Kier molecular flexibility index (Phi) is 3.98. The molecule has 114 valence electrons. The van der Waals surface area contributed by atoms with E-state index in [4.69, 9.17) is 5.11 Å². The molecule has 1 aliphatic heterocycles. The molecule has 1 aromatic carbocycles. The Hall–Kier alpha value is -2.15. The van der Waals surface area contributed by atoms with Gasteiger partial charge in [-0.2, -0.15) is 5.10 Å². The van der Waals surface area contributed by atoms with Gasteiger partial charge in [0.1, 0.15) is 0 Å². The number of aromatic nitrogens is 2. The van der Waals surface area contributed by atoms with Crippen molar-refractivity contribution < 1.29 is 14.7 Å². The van der Waals surface area contributed by atoms with Crippen LogP contribution < -0.4 is 0 Å². The molecule has 0 bridgehead atoms. The van der Waals surface area contributed by atoms with Gasteiger partial charge in [-0.3, -0.25) is 9.59 Å². The van der Waals surface area contributed by atoms with Crippen molar-refractivity contribution in [2.24, 2.45) is 5.92 Å². The summed E-state index contributed by atoms with van der Waals surface area (Å²) in [6.45, 7) is 0.730. The number of likely N-dealkylation sites (tertiary alicyclic amines) is 1. The van der Waals surface area contributed by atoms with Gasteiger partial charge in [0, 0.05) is 23.8 Å². The first kappa shape index (κ1) is 14.8. The minimum Gasteiger partial charge on any atom is -0.481 e. The van der Waals surface area contributed by atoms with Gasteiger partial charge in [0.2, 0.25) is 0 Å². The quantitative estimate of drug-likeness (QED) is 0.906. The maximum Gasteiger partial charge on any atom is 0.308 e. The Morgan fingerprint density at radius 3 is 2.86 bits per heavy atom. The molecule has 0 unspecified atom stereocenters. The summed E-state index contributed by atoms with van der Waals surface area (Å²) in [5.74, 6) is -1.49. The Balaban J connectivity index is 1.77. The van der Waals surface area contributed by atoms with Crippen LogP contribution in [0.25, 0.3) is 5.69 Å². The number of rotatable bonds is 3. The van der Waals surface area contributed by atoms with E-state index in [0.717, 1.165) is 10.2 Å². The average Bonchev–Trinajstić information content (AvgIpc) is 3.16. The van der Waals surface area contributed by atoms with E-state index in [1.54, 1.807) is 15.8 Å². The minimum absolute atomic E-state index is 0.176. The molecule has 1 atom stereocenters. The number of amides is 1. The van der Waals surface area contributed by atoms with Gasteiger partial charge < -0.3 is 10.0 Å². The van der Waals surface area contributed by atoms with Crippen LogP contribution in [0, 0.1) is 5.92 Å². The molecule has 2 aromatic rings. The second-order valence-corrected chi connectivity index (χ2v) is 6.14. The SMILES string of the molecule is O=C(O)[C@@H]1CCN(C(=O)c2cnn(-c3cccc(Br)c3)c2)C1. The highest BCUT2D eigenvalue weighted by atomic mass is 79.9. The third-order valence-corrected chi connectivity index (χ3v) is 4.22. The molecule has 2 heterocycles. The molecule has 1 aromatic heterocycles. The zero-order valence-electron chi connectivity index (χ0n) is 11.6. The second kappa shape index (κ2) is 5.92. The van der Waals surface area contributed by atoms with E-state index in [1.165, 1.54) is 6.20 Å². The van der Waals surface area contributed by atoms with Crippen molar-refractivity contribution in [1.82, 2.24) is 14.7 Å². The highest BCUT2D eigenvalue weighted by Gasteiger charge is 2.31. The topological polar surface area (TPSA) is 75.4 Å². The fraction of sp³-hybridized carbons (Fsp3) is 0.267. The van der Waals surface area contributed by atoms with Crippen LogP contribution in [-0.4, -0.2) is 44.8 Å². The molecule has 1 aliphatic rings. The van der Waals surface area contributed by atoms with Crippen molar-refractivity contribution in [3.63, 3.8) is 0 Å². The standard InChI is InChI=1S/C15H14BrN3O3/c16-12-2-1-3-13(6-12)19-9-11(7-17-19)14(20)18-5-4-10(8-18)15(21)22/h1-3,6-7,9-10H,4-5,8H2,(H,21,22)/t10-/m1/s1. The molecule has 0 aliphatic carbocycles. The van der Waals surface area contributed by atoms with Gasteiger partial charge in [-0.25, -0.2) is 4.68 Å². The van der Waals surface area contributed by atoms with Crippen molar-refractivity contribution in [3.05, 3.63) is 46.7 Å². The molecule has 1 amide bonds. The number of carbonyl (C=O) groups excluding carboxylic acids is 1. The Bertz CT molecular complexity index is 728. The highest BCUT2D eigenvalue weighted by Crippen LogP contribution is 2.20. The predicted molar refractivity (Wildman–Crippen MR) is 82.9 cm³/mol. The molecule has 7 heteroatoms. The van der Waals surface area contributed by atoms with Crippen molar-refractivity contribution >= 4 is 27.8 Å². The lowest BCUT2D eigenvalue weighted by molar-refractivity contribution is -0.141. The maximum absolute atomic E-state index is 12.4. The molecule has 3 rings (SSSR count). The summed E-state index contributed by atoms with van der Waals surface area (Å²) in [4.78, 5) is 24.9. The Labute approximate surface area is 135 Å². The molecule has 22 heavy (non-hydrogen) atoms. The molecule has 0 saturated carbocycles. The number of carbonyl (C=O) groups is 2. The summed E-state index contributed by atoms with van der Waals surface area (Å²) in [6, 6.07) is 7.59. The van der Waals surface area contributed by atoms with Crippen molar-refractivity contribution in [1.29, 1.82) is 0 Å². The van der Waals surface area contributed by atoms with E-state index in [9.17, 15) is 9.59 Å². The lowest BCUT2D eigenvalue weighted by atomic mass is 10.1. The smallest absolute Gasteiger partial charge is 0.308 e. The van der Waals surface area contributed by atoms with Gasteiger partial charge in [-0.1, -0.05) is 22.0 Å². The largest absolute Gasteiger partial charge is 0.481 e. The van der Waals surface area contributed by atoms with Crippen LogP contribution in [0.3, 0.4) is 0 Å². The van der Waals surface area contributed by atoms with Gasteiger partial charge in [0.15, 0.2) is 0 Å². The summed E-state index contributed by atoms with van der Waals surface area (Å²) < 4.78 is 2.56. The number of carboxylic acids is 1. The summed E-state index contributed by atoms with van der Waals surface area (Å²) in [6.07, 6.45) is 3.68. The molecular weight excluding hydrogens is 350 g/mol. The number of halogens is 1. The van der Waals surface area contributed by atoms with Gasteiger partial charge in [-0.05, 0) is 24.6 Å². The normalized spacial score (nSPS) is 17.7. The first-order valence-electron chi connectivity index (χ1n) is 6.87. The number of hydrogen-bond acceptors (Lipinski definition) is 3. The van der Waals surface area contributed by atoms with Crippen LogP contribution in [0.5, 0.6) is 0 Å². The lowest BCUT2D eigenvalue weighted by Gasteiger charge is -2.14. The number of aliphatic carboxylic acids is 1. The van der Waals surface area contributed by atoms with E-state index in [1.807, 2.05) is 24.3 Å². The monoisotopic (exact) mass is 363 g/mol. The average molecular weight is 364 g/mol. The van der Waals surface area contributed by atoms with E-state index in [-0.39, 0.29) is 12.5 Å². The zero-order chi connectivity index (χ0) is 15.7. The van der Waals surface area contributed by atoms with Gasteiger partial charge >= 0.3 is 5.97 Å². The van der Waals surface area contributed by atoms with Crippen molar-refractivity contribution in [2.75, 3.05) is 13.1 Å². The van der Waals surface area contributed by atoms with Crippen molar-refractivity contribution in [3.8, 4) is 5.69 Å². The Morgan fingerprint density at radius 2 is 2.18 bits per heavy atom. The Morgan fingerprint density at radius 1 is 1.36 bits per heavy atom.